The molecule has 0 aliphatic heterocycles. The zero-order valence-electron chi connectivity index (χ0n) is 35.4. The fraction of sp³-hybridized carbons (Fsp3) is 0.0159. The molecule has 14 rings (SSSR count). The molecule has 1 nitrogen and oxygen atoms in total. The Kier molecular flexibility index (Phi) is 7.84. The second-order valence-corrected chi connectivity index (χ2v) is 18.7. The number of hydrogen-bond acceptors (Lipinski definition) is 2. The fourth-order valence-corrected chi connectivity index (χ4v) is 12.5. The Hall–Kier alpha value is -8.04. The maximum atomic E-state index is 2.50. The van der Waals surface area contributed by atoms with Crippen LogP contribution in [-0.4, -0.2) is 0 Å². The number of anilines is 3. The molecule has 0 radical (unpaired) electrons. The molecule has 2 aliphatic carbocycles. The molecule has 302 valence electrons. The van der Waals surface area contributed by atoms with Gasteiger partial charge in [0.05, 0.1) is 5.41 Å². The van der Waals surface area contributed by atoms with Gasteiger partial charge in [0.2, 0.25) is 0 Å². The molecule has 1 heterocycles. The molecule has 65 heavy (non-hydrogen) atoms. The molecule has 0 N–H and O–H groups in total. The quantitative estimate of drug-likeness (QED) is 0.167. The lowest BCUT2D eigenvalue weighted by Gasteiger charge is -2.32. The molecule has 1 aromatic heterocycles. The number of benzene rings is 11. The van der Waals surface area contributed by atoms with Crippen LogP contribution in [0.15, 0.2) is 237 Å². The van der Waals surface area contributed by atoms with E-state index in [1.54, 1.807) is 0 Å². The van der Waals surface area contributed by atoms with Gasteiger partial charge in [0.15, 0.2) is 0 Å². The van der Waals surface area contributed by atoms with Crippen molar-refractivity contribution in [1.82, 2.24) is 0 Å². The topological polar surface area (TPSA) is 3.24 Å². The minimum atomic E-state index is -0.431. The van der Waals surface area contributed by atoms with Crippen LogP contribution in [0.3, 0.4) is 0 Å². The van der Waals surface area contributed by atoms with Crippen LogP contribution in [0.2, 0.25) is 0 Å². The van der Waals surface area contributed by atoms with E-state index >= 15 is 0 Å². The highest BCUT2D eigenvalue weighted by molar-refractivity contribution is 7.25. The molecule has 0 fully saturated rings. The van der Waals surface area contributed by atoms with Crippen LogP contribution < -0.4 is 4.90 Å². The van der Waals surface area contributed by atoms with Crippen LogP contribution in [-0.2, 0) is 5.41 Å². The molecule has 0 atom stereocenters. The molecular formula is C63H39NS. The van der Waals surface area contributed by atoms with Crippen molar-refractivity contribution in [2.24, 2.45) is 0 Å². The van der Waals surface area contributed by atoms with Crippen molar-refractivity contribution in [1.29, 1.82) is 0 Å². The second-order valence-electron chi connectivity index (χ2n) is 17.6. The van der Waals surface area contributed by atoms with Crippen LogP contribution >= 0.6 is 11.3 Å². The fourth-order valence-electron chi connectivity index (χ4n) is 11.4. The van der Waals surface area contributed by atoms with Gasteiger partial charge in [0, 0.05) is 37.2 Å². The minimum Gasteiger partial charge on any atom is -0.310 e. The first-order valence-corrected chi connectivity index (χ1v) is 23.3. The number of hydrogen-bond donors (Lipinski definition) is 0. The summed E-state index contributed by atoms with van der Waals surface area (Å²) in [4.78, 5) is 2.47. The van der Waals surface area contributed by atoms with Gasteiger partial charge in [0.25, 0.3) is 0 Å². The first kappa shape index (κ1) is 36.4. The van der Waals surface area contributed by atoms with Crippen molar-refractivity contribution >= 4 is 70.1 Å². The molecule has 0 saturated carbocycles. The van der Waals surface area contributed by atoms with E-state index in [4.69, 9.17) is 0 Å². The number of rotatable bonds is 5. The zero-order chi connectivity index (χ0) is 42.6. The first-order chi connectivity index (χ1) is 32.2. The molecule has 11 aromatic carbocycles. The average Bonchev–Trinajstić information content (AvgIpc) is 4.00. The predicted octanol–water partition coefficient (Wildman–Crippen LogP) is 17.5. The lowest BCUT2D eigenvalue weighted by atomic mass is 9.70. The first-order valence-electron chi connectivity index (χ1n) is 22.5. The van der Waals surface area contributed by atoms with Gasteiger partial charge in [-0.15, -0.1) is 11.3 Å². The average molecular weight is 842 g/mol. The third-order valence-corrected chi connectivity index (χ3v) is 15.4. The molecule has 1 spiro atoms. The summed E-state index contributed by atoms with van der Waals surface area (Å²) in [6.45, 7) is 0. The van der Waals surface area contributed by atoms with Gasteiger partial charge in [-0.1, -0.05) is 176 Å². The third-order valence-electron chi connectivity index (χ3n) is 14.3. The molecule has 0 unspecified atom stereocenters. The van der Waals surface area contributed by atoms with Crippen molar-refractivity contribution in [2.75, 3.05) is 4.90 Å². The number of thiophene rings is 1. The summed E-state index contributed by atoms with van der Waals surface area (Å²) in [6, 6.07) is 88.4. The molecule has 2 heteroatoms. The lowest BCUT2D eigenvalue weighted by molar-refractivity contribution is 0.793. The summed E-state index contributed by atoms with van der Waals surface area (Å²) in [7, 11) is 0. The SMILES string of the molecule is c1ccc2c(c1)-c1ccccc1C21c2ccccc2-c2ccc(N(c3ccc(-c4ccc5cccc(-c6ccc7ccccc7c6)c5c4)cc3)c3ccc4sc5ccccc5c4c3)cc21. The van der Waals surface area contributed by atoms with Crippen LogP contribution in [0.4, 0.5) is 17.1 Å². The normalized spacial score (nSPS) is 13.0. The van der Waals surface area contributed by atoms with Crippen LogP contribution in [0.25, 0.3) is 86.2 Å². The van der Waals surface area contributed by atoms with Crippen LogP contribution in [0, 0.1) is 0 Å². The summed E-state index contributed by atoms with van der Waals surface area (Å²) < 4.78 is 2.61. The Labute approximate surface area is 381 Å². The van der Waals surface area contributed by atoms with Gasteiger partial charge in [-0.05, 0) is 149 Å². The Balaban J connectivity index is 0.941. The molecule has 0 amide bonds. The van der Waals surface area contributed by atoms with E-state index in [1.165, 1.54) is 108 Å². The van der Waals surface area contributed by atoms with Crippen LogP contribution in [0.1, 0.15) is 22.3 Å². The van der Waals surface area contributed by atoms with Gasteiger partial charge >= 0.3 is 0 Å². The van der Waals surface area contributed by atoms with Crippen molar-refractivity contribution in [3.05, 3.63) is 259 Å². The highest BCUT2D eigenvalue weighted by Gasteiger charge is 2.51. The summed E-state index contributed by atoms with van der Waals surface area (Å²) in [5, 5.41) is 7.59. The highest BCUT2D eigenvalue weighted by Crippen LogP contribution is 2.63. The lowest BCUT2D eigenvalue weighted by Crippen LogP contribution is -2.26. The summed E-state index contributed by atoms with van der Waals surface area (Å²) in [5.74, 6) is 0. The smallest absolute Gasteiger partial charge is 0.0726 e. The summed E-state index contributed by atoms with van der Waals surface area (Å²) in [5.41, 5.74) is 18.4. The van der Waals surface area contributed by atoms with Gasteiger partial charge in [-0.25, -0.2) is 0 Å². The van der Waals surface area contributed by atoms with E-state index in [-0.39, 0.29) is 0 Å². The highest BCUT2D eigenvalue weighted by atomic mass is 32.1. The summed E-state index contributed by atoms with van der Waals surface area (Å²) in [6.07, 6.45) is 0. The molecule has 12 aromatic rings. The van der Waals surface area contributed by atoms with Crippen LogP contribution in [0.5, 0.6) is 0 Å². The van der Waals surface area contributed by atoms with Gasteiger partial charge < -0.3 is 4.90 Å². The van der Waals surface area contributed by atoms with Crippen molar-refractivity contribution in [3.8, 4) is 44.5 Å². The Morgan fingerprint density at radius 2 is 0.815 bits per heavy atom. The van der Waals surface area contributed by atoms with E-state index in [9.17, 15) is 0 Å². The predicted molar refractivity (Wildman–Crippen MR) is 276 cm³/mol. The molecule has 0 saturated heterocycles. The second kappa shape index (κ2) is 14.0. The molecular weight excluding hydrogens is 803 g/mol. The van der Waals surface area contributed by atoms with E-state index < -0.39 is 5.41 Å². The van der Waals surface area contributed by atoms with Crippen molar-refractivity contribution < 1.29 is 0 Å². The van der Waals surface area contributed by atoms with Crippen molar-refractivity contribution in [2.45, 2.75) is 5.41 Å². The Morgan fingerprint density at radius 3 is 1.58 bits per heavy atom. The summed E-state index contributed by atoms with van der Waals surface area (Å²) >= 11 is 1.86. The zero-order valence-corrected chi connectivity index (χ0v) is 36.2. The number of fused-ring (bicyclic) bond motifs is 15. The van der Waals surface area contributed by atoms with Gasteiger partial charge in [-0.2, -0.15) is 0 Å². The number of nitrogens with zero attached hydrogens (tertiary/aromatic N) is 1. The molecule has 0 bridgehead atoms. The van der Waals surface area contributed by atoms with E-state index in [0.717, 1.165) is 17.1 Å². The minimum absolute atomic E-state index is 0.431. The maximum Gasteiger partial charge on any atom is 0.0726 e. The Morgan fingerprint density at radius 1 is 0.277 bits per heavy atom. The molecule has 2 aliphatic rings. The largest absolute Gasteiger partial charge is 0.310 e. The van der Waals surface area contributed by atoms with Gasteiger partial charge in [0.1, 0.15) is 0 Å². The van der Waals surface area contributed by atoms with E-state index in [2.05, 4.69) is 241 Å². The third kappa shape index (κ3) is 5.32. The monoisotopic (exact) mass is 841 g/mol. The Bertz CT molecular complexity index is 3850. The van der Waals surface area contributed by atoms with Crippen molar-refractivity contribution in [3.63, 3.8) is 0 Å². The van der Waals surface area contributed by atoms with Gasteiger partial charge in [-0.3, -0.25) is 0 Å². The van der Waals surface area contributed by atoms with E-state index in [0.29, 0.717) is 0 Å². The van der Waals surface area contributed by atoms with E-state index in [1.807, 2.05) is 11.3 Å². The maximum absolute atomic E-state index is 2.50. The standard InChI is InChI=1S/C63H39NS/c1-2-13-43-36-45(27-24-40(43)12-1)49-19-11-14-42-25-26-44(37-55(42)49)41-28-30-46(31-29-41)64(47-33-35-62-56(38-47)54-18-6-10-23-61(54)65-62)48-32-34-53-52-17-5-9-22-59(52)63(60(53)39-48)57-20-7-3-15-50(57)51-16-4-8-21-58(51)63/h1-39H.